The maximum Gasteiger partial charge on any atom is 0.255 e. The normalized spacial score (nSPS) is 15.4. The quantitative estimate of drug-likeness (QED) is 0.716. The highest BCUT2D eigenvalue weighted by atomic mass is 32.2. The van der Waals surface area contributed by atoms with Gasteiger partial charge in [0.1, 0.15) is 10.7 Å². The number of halogens is 1. The Morgan fingerprint density at radius 3 is 2.68 bits per heavy atom. The van der Waals surface area contributed by atoms with Crippen molar-refractivity contribution in [2.24, 2.45) is 0 Å². The summed E-state index contributed by atoms with van der Waals surface area (Å²) in [4.78, 5) is 16.2. The summed E-state index contributed by atoms with van der Waals surface area (Å²) in [7, 11) is -4.05. The van der Waals surface area contributed by atoms with Gasteiger partial charge in [0.05, 0.1) is 30.1 Å². The lowest BCUT2D eigenvalue weighted by molar-refractivity contribution is 0.0729. The zero-order valence-corrected chi connectivity index (χ0v) is 16.9. The third kappa shape index (κ3) is 4.69. The van der Waals surface area contributed by atoms with E-state index in [1.807, 2.05) is 6.92 Å². The predicted octanol–water partition coefficient (Wildman–Crippen LogP) is 2.61. The van der Waals surface area contributed by atoms with Crippen LogP contribution in [0.2, 0.25) is 0 Å². The van der Waals surface area contributed by atoms with Gasteiger partial charge in [-0.2, -0.15) is 4.31 Å². The number of carbonyl (C=O) groups excluding carboxylic acids is 1. The van der Waals surface area contributed by atoms with Crippen LogP contribution in [0.3, 0.4) is 0 Å². The molecule has 1 N–H and O–H groups in total. The maximum absolute atomic E-state index is 14.2. The van der Waals surface area contributed by atoms with Gasteiger partial charge in [-0.3, -0.25) is 4.79 Å². The molecule has 0 bridgehead atoms. The van der Waals surface area contributed by atoms with E-state index in [2.05, 4.69) is 10.3 Å². The van der Waals surface area contributed by atoms with Crippen LogP contribution in [0, 0.1) is 5.82 Å². The number of hydrogen-bond donors (Lipinski definition) is 1. The number of hydrogen-bond acceptors (Lipinski definition) is 6. The van der Waals surface area contributed by atoms with Crippen molar-refractivity contribution in [1.82, 2.24) is 9.29 Å². The molecule has 1 aromatic heterocycles. The lowest BCUT2D eigenvalue weighted by atomic mass is 10.2. The first-order chi connectivity index (χ1) is 13.4. The lowest BCUT2D eigenvalue weighted by Gasteiger charge is -2.26. The van der Waals surface area contributed by atoms with E-state index in [4.69, 9.17) is 4.74 Å². The number of ether oxygens (including phenoxy) is 1. The van der Waals surface area contributed by atoms with Gasteiger partial charge >= 0.3 is 0 Å². The van der Waals surface area contributed by atoms with E-state index in [1.165, 1.54) is 12.3 Å². The highest BCUT2D eigenvalue weighted by molar-refractivity contribution is 7.99. The van der Waals surface area contributed by atoms with E-state index in [9.17, 15) is 17.6 Å². The highest BCUT2D eigenvalue weighted by Crippen LogP contribution is 2.23. The first kappa shape index (κ1) is 20.7. The summed E-state index contributed by atoms with van der Waals surface area (Å²) in [5.41, 5.74) is 0.507. The average Bonchev–Trinajstić information content (AvgIpc) is 2.70. The van der Waals surface area contributed by atoms with Crippen molar-refractivity contribution in [3.63, 3.8) is 0 Å². The summed E-state index contributed by atoms with van der Waals surface area (Å²) in [5, 5.41) is 3.48. The van der Waals surface area contributed by atoms with E-state index in [1.54, 1.807) is 23.9 Å². The van der Waals surface area contributed by atoms with E-state index < -0.39 is 26.6 Å². The van der Waals surface area contributed by atoms with Gasteiger partial charge in [0.15, 0.2) is 0 Å². The zero-order valence-electron chi connectivity index (χ0n) is 15.2. The van der Waals surface area contributed by atoms with Crippen molar-refractivity contribution >= 4 is 33.4 Å². The fourth-order valence-corrected chi connectivity index (χ4v) is 4.74. The topological polar surface area (TPSA) is 88.6 Å². The van der Waals surface area contributed by atoms with Gasteiger partial charge in [0.2, 0.25) is 10.0 Å². The second-order valence-corrected chi connectivity index (χ2v) is 9.12. The molecule has 0 spiro atoms. The number of benzene rings is 1. The second kappa shape index (κ2) is 8.99. The Morgan fingerprint density at radius 2 is 2.04 bits per heavy atom. The number of nitrogens with zero attached hydrogens (tertiary/aromatic N) is 2. The highest BCUT2D eigenvalue weighted by Gasteiger charge is 2.29. The zero-order chi connectivity index (χ0) is 20.1. The minimum Gasteiger partial charge on any atom is -0.379 e. The molecule has 1 aliphatic rings. The van der Waals surface area contributed by atoms with Gasteiger partial charge in [-0.25, -0.2) is 17.8 Å². The summed E-state index contributed by atoms with van der Waals surface area (Å²) < 4.78 is 46.0. The first-order valence-corrected chi connectivity index (χ1v) is 11.1. The standard InChI is InChI=1S/C18H20FN3O4S2/c1-2-27-17-6-4-14(12-20-17)21-18(23)13-3-5-15(19)16(11-13)28(24,25)22-7-9-26-10-8-22/h3-6,11-12H,2,7-10H2,1H3,(H,21,23). The Morgan fingerprint density at radius 1 is 1.29 bits per heavy atom. The largest absolute Gasteiger partial charge is 0.379 e. The minimum absolute atomic E-state index is 0.0419. The van der Waals surface area contributed by atoms with Crippen molar-refractivity contribution < 1.29 is 22.3 Å². The molecule has 0 unspecified atom stereocenters. The number of nitrogens with one attached hydrogen (secondary N) is 1. The molecule has 7 nitrogen and oxygen atoms in total. The van der Waals surface area contributed by atoms with E-state index in [-0.39, 0.29) is 31.9 Å². The van der Waals surface area contributed by atoms with Gasteiger partial charge in [-0.1, -0.05) is 6.92 Å². The molecule has 1 saturated heterocycles. The van der Waals surface area contributed by atoms with Crippen molar-refractivity contribution in [2.45, 2.75) is 16.8 Å². The van der Waals surface area contributed by atoms with Crippen molar-refractivity contribution in [3.05, 3.63) is 47.9 Å². The third-order valence-corrected chi connectivity index (χ3v) is 6.81. The van der Waals surface area contributed by atoms with Crippen LogP contribution in [0.4, 0.5) is 10.1 Å². The van der Waals surface area contributed by atoms with Gasteiger partial charge < -0.3 is 10.1 Å². The molecule has 150 valence electrons. The molecule has 3 rings (SSSR count). The summed E-state index contributed by atoms with van der Waals surface area (Å²) in [6, 6.07) is 6.78. The number of carbonyl (C=O) groups is 1. The van der Waals surface area contributed by atoms with E-state index in [0.717, 1.165) is 27.2 Å². The molecule has 28 heavy (non-hydrogen) atoms. The molecule has 0 saturated carbocycles. The molecule has 1 aliphatic heterocycles. The van der Waals surface area contributed by atoms with Crippen LogP contribution in [-0.2, 0) is 14.8 Å². The molecule has 1 aromatic carbocycles. The number of amides is 1. The Kier molecular flexibility index (Phi) is 6.65. The van der Waals surface area contributed by atoms with Crippen LogP contribution in [0.1, 0.15) is 17.3 Å². The Bertz CT molecular complexity index is 946. The monoisotopic (exact) mass is 425 g/mol. The van der Waals surface area contributed by atoms with Crippen LogP contribution in [0.5, 0.6) is 0 Å². The molecule has 0 aliphatic carbocycles. The SMILES string of the molecule is CCSc1ccc(NC(=O)c2ccc(F)c(S(=O)(=O)N3CCOCC3)c2)cn1. The van der Waals surface area contributed by atoms with Gasteiger partial charge in [-0.05, 0) is 36.1 Å². The molecular weight excluding hydrogens is 405 g/mol. The third-order valence-electron chi connectivity index (χ3n) is 4.07. The van der Waals surface area contributed by atoms with E-state index >= 15 is 0 Å². The van der Waals surface area contributed by atoms with Crippen molar-refractivity contribution in [2.75, 3.05) is 37.4 Å². The number of thioether (sulfide) groups is 1. The van der Waals surface area contributed by atoms with Crippen LogP contribution in [0.15, 0.2) is 46.5 Å². The fourth-order valence-electron chi connectivity index (χ4n) is 2.66. The summed E-state index contributed by atoms with van der Waals surface area (Å²) in [6.07, 6.45) is 1.52. The Labute approximate surface area is 167 Å². The molecule has 2 aromatic rings. The predicted molar refractivity (Wildman–Crippen MR) is 105 cm³/mol. The molecule has 10 heteroatoms. The first-order valence-electron chi connectivity index (χ1n) is 8.69. The number of morpholine rings is 1. The van der Waals surface area contributed by atoms with Crippen molar-refractivity contribution in [3.8, 4) is 0 Å². The number of aromatic nitrogens is 1. The lowest BCUT2D eigenvalue weighted by Crippen LogP contribution is -2.41. The smallest absolute Gasteiger partial charge is 0.255 e. The summed E-state index contributed by atoms with van der Waals surface area (Å²) in [5.74, 6) is -0.559. The van der Waals surface area contributed by atoms with Gasteiger partial charge in [0, 0.05) is 18.7 Å². The number of rotatable bonds is 6. The Hall–Kier alpha value is -2.01. The molecule has 0 atom stereocenters. The number of anilines is 1. The van der Waals surface area contributed by atoms with Crippen LogP contribution < -0.4 is 5.32 Å². The molecule has 0 radical (unpaired) electrons. The number of pyridine rings is 1. The van der Waals surface area contributed by atoms with Crippen LogP contribution in [0.25, 0.3) is 0 Å². The van der Waals surface area contributed by atoms with E-state index in [0.29, 0.717) is 5.69 Å². The van der Waals surface area contributed by atoms with Crippen LogP contribution >= 0.6 is 11.8 Å². The van der Waals surface area contributed by atoms with Crippen molar-refractivity contribution in [1.29, 1.82) is 0 Å². The fraction of sp³-hybridized carbons (Fsp3) is 0.333. The molecule has 2 heterocycles. The maximum atomic E-state index is 14.2. The average molecular weight is 426 g/mol. The minimum atomic E-state index is -4.05. The Balaban J connectivity index is 1.81. The molecule has 1 fully saturated rings. The second-order valence-electron chi connectivity index (χ2n) is 5.93. The molecular formula is C18H20FN3O4S2. The van der Waals surface area contributed by atoms with Gasteiger partial charge in [0.25, 0.3) is 5.91 Å². The van der Waals surface area contributed by atoms with Crippen LogP contribution in [-0.4, -0.2) is 55.7 Å². The summed E-state index contributed by atoms with van der Waals surface area (Å²) in [6.45, 7) is 2.80. The molecule has 1 amide bonds. The number of sulfonamides is 1. The van der Waals surface area contributed by atoms with Gasteiger partial charge in [-0.15, -0.1) is 11.8 Å². The summed E-state index contributed by atoms with van der Waals surface area (Å²) >= 11 is 1.57.